The van der Waals surface area contributed by atoms with Gasteiger partial charge in [-0.2, -0.15) is 0 Å². The summed E-state index contributed by atoms with van der Waals surface area (Å²) in [4.78, 5) is 0. The lowest BCUT2D eigenvalue weighted by Crippen LogP contribution is -2.18. The Balaban J connectivity index is 3.25. The number of ether oxygens (including phenoxy) is 1. The third kappa shape index (κ3) is 8.26. The van der Waals surface area contributed by atoms with E-state index in [1.54, 1.807) is 0 Å². The van der Waals surface area contributed by atoms with Crippen molar-refractivity contribution in [3.05, 3.63) is 0 Å². The number of rotatable bonds is 9. The maximum absolute atomic E-state index is 8.98. The molecule has 0 bridgehead atoms. The van der Waals surface area contributed by atoms with Gasteiger partial charge in [-0.05, 0) is 12.8 Å². The van der Waals surface area contributed by atoms with Crippen LogP contribution in [0, 0.1) is 0 Å². The van der Waals surface area contributed by atoms with Gasteiger partial charge >= 0.3 is 0 Å². The molecule has 2 heteroatoms. The molecule has 0 aromatic rings. The molecule has 0 aromatic heterocycles. The van der Waals surface area contributed by atoms with Crippen LogP contribution < -0.4 is 0 Å². The molecule has 13 heavy (non-hydrogen) atoms. The molecule has 0 aliphatic carbocycles. The van der Waals surface area contributed by atoms with Crippen LogP contribution in [0.1, 0.15) is 52.4 Å². The van der Waals surface area contributed by atoms with Crippen LogP contribution in [0.5, 0.6) is 0 Å². The van der Waals surface area contributed by atoms with Gasteiger partial charge in [0.05, 0.1) is 12.7 Å². The van der Waals surface area contributed by atoms with Gasteiger partial charge in [-0.25, -0.2) is 0 Å². The van der Waals surface area contributed by atoms with E-state index in [1.807, 2.05) is 0 Å². The molecule has 0 radical (unpaired) electrons. The highest BCUT2D eigenvalue weighted by Gasteiger charge is 2.05. The Bertz CT molecular complexity index is 94.1. The van der Waals surface area contributed by atoms with Gasteiger partial charge < -0.3 is 9.84 Å². The molecule has 0 saturated heterocycles. The minimum atomic E-state index is 0.0804. The van der Waals surface area contributed by atoms with Crippen molar-refractivity contribution in [1.82, 2.24) is 0 Å². The fourth-order valence-corrected chi connectivity index (χ4v) is 1.26. The zero-order valence-corrected chi connectivity index (χ0v) is 9.09. The molecule has 0 saturated carbocycles. The van der Waals surface area contributed by atoms with E-state index in [2.05, 4.69) is 13.8 Å². The van der Waals surface area contributed by atoms with E-state index >= 15 is 0 Å². The maximum Gasteiger partial charge on any atom is 0.0805 e. The zero-order valence-electron chi connectivity index (χ0n) is 9.09. The summed E-state index contributed by atoms with van der Waals surface area (Å²) >= 11 is 0. The molecule has 0 spiro atoms. The molecular formula is C11H24O2. The van der Waals surface area contributed by atoms with E-state index < -0.39 is 0 Å². The van der Waals surface area contributed by atoms with Gasteiger partial charge in [0, 0.05) is 6.61 Å². The Labute approximate surface area is 82.3 Å². The van der Waals surface area contributed by atoms with Crippen LogP contribution in [-0.4, -0.2) is 24.4 Å². The topological polar surface area (TPSA) is 29.5 Å². The van der Waals surface area contributed by atoms with E-state index in [9.17, 15) is 0 Å². The van der Waals surface area contributed by atoms with Gasteiger partial charge in [0.1, 0.15) is 0 Å². The Morgan fingerprint density at radius 2 is 1.77 bits per heavy atom. The summed E-state index contributed by atoms with van der Waals surface area (Å²) in [5.41, 5.74) is 0. The van der Waals surface area contributed by atoms with Gasteiger partial charge in [-0.15, -0.1) is 0 Å². The predicted octanol–water partition coefficient (Wildman–Crippen LogP) is 2.74. The minimum Gasteiger partial charge on any atom is -0.394 e. The summed E-state index contributed by atoms with van der Waals surface area (Å²) in [7, 11) is 0. The first-order valence-corrected chi connectivity index (χ1v) is 5.57. The van der Waals surface area contributed by atoms with Crippen LogP contribution in [0.2, 0.25) is 0 Å². The monoisotopic (exact) mass is 188 g/mol. The average Bonchev–Trinajstić information content (AvgIpc) is 2.17. The van der Waals surface area contributed by atoms with Crippen LogP contribution in [0.4, 0.5) is 0 Å². The summed E-state index contributed by atoms with van der Waals surface area (Å²) < 4.78 is 5.55. The quantitative estimate of drug-likeness (QED) is 0.564. The largest absolute Gasteiger partial charge is 0.394 e. The first kappa shape index (κ1) is 12.9. The van der Waals surface area contributed by atoms with Crippen molar-refractivity contribution in [2.24, 2.45) is 0 Å². The van der Waals surface area contributed by atoms with Crippen molar-refractivity contribution in [1.29, 1.82) is 0 Å². The van der Waals surface area contributed by atoms with Crippen molar-refractivity contribution in [2.75, 3.05) is 13.2 Å². The van der Waals surface area contributed by atoms with Crippen molar-refractivity contribution >= 4 is 0 Å². The number of hydrogen-bond donors (Lipinski definition) is 1. The third-order valence-electron chi connectivity index (χ3n) is 2.18. The van der Waals surface area contributed by atoms with Crippen LogP contribution in [0.15, 0.2) is 0 Å². The molecule has 1 unspecified atom stereocenters. The van der Waals surface area contributed by atoms with Crippen molar-refractivity contribution in [2.45, 2.75) is 58.5 Å². The summed E-state index contributed by atoms with van der Waals surface area (Å²) in [5, 5.41) is 8.98. The highest BCUT2D eigenvalue weighted by Crippen LogP contribution is 2.05. The molecule has 0 fully saturated rings. The molecule has 0 rings (SSSR count). The summed E-state index contributed by atoms with van der Waals surface area (Å²) in [6.07, 6.45) is 6.98. The summed E-state index contributed by atoms with van der Waals surface area (Å²) in [5.74, 6) is 0. The SMILES string of the molecule is CCCCCOC(CO)CCCC. The van der Waals surface area contributed by atoms with E-state index in [0.717, 1.165) is 25.9 Å². The highest BCUT2D eigenvalue weighted by atomic mass is 16.5. The van der Waals surface area contributed by atoms with E-state index in [-0.39, 0.29) is 12.7 Å². The molecule has 0 aliphatic heterocycles. The smallest absolute Gasteiger partial charge is 0.0805 e. The van der Waals surface area contributed by atoms with Crippen LogP contribution in [0.3, 0.4) is 0 Å². The number of aliphatic hydroxyl groups is 1. The number of unbranched alkanes of at least 4 members (excludes halogenated alkanes) is 3. The van der Waals surface area contributed by atoms with Crippen molar-refractivity contribution < 1.29 is 9.84 Å². The third-order valence-corrected chi connectivity index (χ3v) is 2.18. The molecule has 1 N–H and O–H groups in total. The van der Waals surface area contributed by atoms with Crippen LogP contribution in [-0.2, 0) is 4.74 Å². The van der Waals surface area contributed by atoms with Crippen molar-refractivity contribution in [3.8, 4) is 0 Å². The van der Waals surface area contributed by atoms with Gasteiger partial charge in [-0.3, -0.25) is 0 Å². The standard InChI is InChI=1S/C11H24O2/c1-3-5-7-9-13-11(10-12)8-6-4-2/h11-12H,3-10H2,1-2H3. The molecule has 2 nitrogen and oxygen atoms in total. The number of aliphatic hydroxyl groups excluding tert-OH is 1. The normalized spacial score (nSPS) is 13.2. The van der Waals surface area contributed by atoms with Gasteiger partial charge in [-0.1, -0.05) is 39.5 Å². The van der Waals surface area contributed by atoms with Crippen LogP contribution >= 0.6 is 0 Å². The highest BCUT2D eigenvalue weighted by molar-refractivity contribution is 4.55. The molecule has 0 amide bonds. The Kier molecular flexibility index (Phi) is 9.94. The minimum absolute atomic E-state index is 0.0804. The zero-order chi connectivity index (χ0) is 9.94. The summed E-state index contributed by atoms with van der Waals surface area (Å²) in [6.45, 7) is 5.32. The fourth-order valence-electron chi connectivity index (χ4n) is 1.26. The Morgan fingerprint density at radius 3 is 2.31 bits per heavy atom. The molecule has 0 aromatic carbocycles. The summed E-state index contributed by atoms with van der Waals surface area (Å²) in [6, 6.07) is 0. The Morgan fingerprint density at radius 1 is 1.08 bits per heavy atom. The average molecular weight is 188 g/mol. The molecule has 1 atom stereocenters. The lowest BCUT2D eigenvalue weighted by Gasteiger charge is -2.14. The first-order valence-electron chi connectivity index (χ1n) is 5.57. The van der Waals surface area contributed by atoms with Crippen molar-refractivity contribution in [3.63, 3.8) is 0 Å². The second-order valence-electron chi connectivity index (χ2n) is 3.52. The molecular weight excluding hydrogens is 164 g/mol. The van der Waals surface area contributed by atoms with Crippen LogP contribution in [0.25, 0.3) is 0 Å². The molecule has 0 aliphatic rings. The second-order valence-corrected chi connectivity index (χ2v) is 3.52. The van der Waals surface area contributed by atoms with E-state index in [1.165, 1.54) is 19.3 Å². The maximum atomic E-state index is 8.98. The fraction of sp³-hybridized carbons (Fsp3) is 1.00. The lowest BCUT2D eigenvalue weighted by atomic mass is 10.2. The van der Waals surface area contributed by atoms with Gasteiger partial charge in [0.25, 0.3) is 0 Å². The second kappa shape index (κ2) is 10.0. The van der Waals surface area contributed by atoms with Gasteiger partial charge in [0.15, 0.2) is 0 Å². The van der Waals surface area contributed by atoms with E-state index in [4.69, 9.17) is 9.84 Å². The Hall–Kier alpha value is -0.0800. The predicted molar refractivity (Wildman–Crippen MR) is 55.9 cm³/mol. The lowest BCUT2D eigenvalue weighted by molar-refractivity contribution is 0.00537. The number of hydrogen-bond acceptors (Lipinski definition) is 2. The molecule has 80 valence electrons. The first-order chi connectivity index (χ1) is 6.35. The molecule has 0 heterocycles. The van der Waals surface area contributed by atoms with Gasteiger partial charge in [0.2, 0.25) is 0 Å². The van der Waals surface area contributed by atoms with E-state index in [0.29, 0.717) is 0 Å².